The first-order valence-electron chi connectivity index (χ1n) is 2.52. The fourth-order valence-electron chi connectivity index (χ4n) is 0.340. The van der Waals surface area contributed by atoms with E-state index in [4.69, 9.17) is 11.6 Å². The number of hydrogen-bond donors (Lipinski definition) is 0. The van der Waals surface area contributed by atoms with Crippen LogP contribution in [0.1, 0.15) is 20.3 Å². The zero-order valence-corrected chi connectivity index (χ0v) is 5.83. The smallest absolute Gasteiger partial charge is 0.159 e. The molecule has 0 saturated heterocycles. The topological polar surface area (TPSA) is 17.1 Å². The van der Waals surface area contributed by atoms with Gasteiger partial charge in [-0.25, -0.2) is 0 Å². The summed E-state index contributed by atoms with van der Waals surface area (Å²) < 4.78 is 0. The molecule has 0 unspecified atom stereocenters. The summed E-state index contributed by atoms with van der Waals surface area (Å²) in [6, 6.07) is 0. The highest BCUT2D eigenvalue weighted by molar-refractivity contribution is 6.27. The fraction of sp³-hybridized carbons (Fsp3) is 0.500. The Kier molecular flexibility index (Phi) is 3.53. The SMILES string of the molecule is CCC(=O)/C(C)=C/Cl. The maximum Gasteiger partial charge on any atom is 0.159 e. The Morgan fingerprint density at radius 2 is 2.25 bits per heavy atom. The Morgan fingerprint density at radius 1 is 1.75 bits per heavy atom. The summed E-state index contributed by atoms with van der Waals surface area (Å²) in [5, 5.41) is 0. The molecule has 0 rings (SSSR count). The number of carbonyl (C=O) groups excluding carboxylic acids is 1. The van der Waals surface area contributed by atoms with E-state index in [1.165, 1.54) is 5.54 Å². The van der Waals surface area contributed by atoms with Crippen molar-refractivity contribution in [2.75, 3.05) is 0 Å². The van der Waals surface area contributed by atoms with E-state index in [9.17, 15) is 4.79 Å². The maximum atomic E-state index is 10.6. The van der Waals surface area contributed by atoms with E-state index in [-0.39, 0.29) is 5.78 Å². The van der Waals surface area contributed by atoms with Crippen molar-refractivity contribution in [1.82, 2.24) is 0 Å². The van der Waals surface area contributed by atoms with Crippen LogP contribution in [0.5, 0.6) is 0 Å². The molecule has 0 fully saturated rings. The minimum atomic E-state index is 0.111. The van der Waals surface area contributed by atoms with Crippen LogP contribution in [0.2, 0.25) is 0 Å². The van der Waals surface area contributed by atoms with Crippen LogP contribution in [-0.4, -0.2) is 5.78 Å². The Bertz CT molecular complexity index is 116. The molecule has 46 valence electrons. The molecule has 0 aliphatic carbocycles. The van der Waals surface area contributed by atoms with Gasteiger partial charge >= 0.3 is 0 Å². The molecule has 0 bridgehead atoms. The molecule has 0 radical (unpaired) electrons. The van der Waals surface area contributed by atoms with Gasteiger partial charge in [0.2, 0.25) is 0 Å². The van der Waals surface area contributed by atoms with Crippen molar-refractivity contribution < 1.29 is 4.79 Å². The lowest BCUT2D eigenvalue weighted by molar-refractivity contribution is -0.115. The molecule has 1 nitrogen and oxygen atoms in total. The zero-order chi connectivity index (χ0) is 6.57. The first-order valence-corrected chi connectivity index (χ1v) is 2.96. The summed E-state index contributed by atoms with van der Waals surface area (Å²) in [5.74, 6) is 0.111. The van der Waals surface area contributed by atoms with Crippen LogP contribution < -0.4 is 0 Å². The van der Waals surface area contributed by atoms with Gasteiger partial charge in [0.25, 0.3) is 0 Å². The number of carbonyl (C=O) groups is 1. The lowest BCUT2D eigenvalue weighted by atomic mass is 10.2. The van der Waals surface area contributed by atoms with Crippen molar-refractivity contribution in [3.05, 3.63) is 11.1 Å². The number of allylic oxidation sites excluding steroid dienone is 1. The predicted molar refractivity (Wildman–Crippen MR) is 34.9 cm³/mol. The first kappa shape index (κ1) is 7.70. The van der Waals surface area contributed by atoms with Crippen molar-refractivity contribution in [3.63, 3.8) is 0 Å². The molecular weight excluding hydrogens is 124 g/mol. The average molecular weight is 133 g/mol. The number of ketones is 1. The Balaban J connectivity index is 3.83. The molecule has 0 amide bonds. The van der Waals surface area contributed by atoms with Gasteiger partial charge in [0.15, 0.2) is 5.78 Å². The van der Waals surface area contributed by atoms with Gasteiger partial charge in [-0.05, 0) is 6.92 Å². The van der Waals surface area contributed by atoms with E-state index in [2.05, 4.69) is 0 Å². The average Bonchev–Trinajstić information content (AvgIpc) is 1.84. The van der Waals surface area contributed by atoms with Gasteiger partial charge in [-0.2, -0.15) is 0 Å². The van der Waals surface area contributed by atoms with Crippen LogP contribution in [0.15, 0.2) is 11.1 Å². The first-order chi connectivity index (χ1) is 3.72. The van der Waals surface area contributed by atoms with Crippen molar-refractivity contribution in [2.24, 2.45) is 0 Å². The van der Waals surface area contributed by atoms with Crippen LogP contribution in [0.4, 0.5) is 0 Å². The van der Waals surface area contributed by atoms with E-state index >= 15 is 0 Å². The van der Waals surface area contributed by atoms with E-state index in [1.54, 1.807) is 6.92 Å². The molecule has 0 aliphatic rings. The third-order valence-corrected chi connectivity index (χ3v) is 1.25. The molecule has 8 heavy (non-hydrogen) atoms. The summed E-state index contributed by atoms with van der Waals surface area (Å²) in [7, 11) is 0. The molecule has 0 spiro atoms. The van der Waals surface area contributed by atoms with Gasteiger partial charge in [0.1, 0.15) is 0 Å². The van der Waals surface area contributed by atoms with Crippen LogP contribution in [0.3, 0.4) is 0 Å². The molecule has 0 aromatic heterocycles. The van der Waals surface area contributed by atoms with Crippen molar-refractivity contribution in [3.8, 4) is 0 Å². The molecule has 0 heterocycles. The lowest BCUT2D eigenvalue weighted by Gasteiger charge is -1.90. The minimum absolute atomic E-state index is 0.111. The number of rotatable bonds is 2. The maximum absolute atomic E-state index is 10.6. The van der Waals surface area contributed by atoms with Crippen molar-refractivity contribution >= 4 is 17.4 Å². The molecule has 0 N–H and O–H groups in total. The summed E-state index contributed by atoms with van der Waals surface area (Å²) in [6.07, 6.45) is 0.537. The third kappa shape index (κ3) is 2.12. The largest absolute Gasteiger partial charge is 0.295 e. The normalized spacial score (nSPS) is 11.6. The van der Waals surface area contributed by atoms with E-state index < -0.39 is 0 Å². The highest BCUT2D eigenvalue weighted by Gasteiger charge is 1.97. The molecule has 0 saturated carbocycles. The van der Waals surface area contributed by atoms with Gasteiger partial charge in [-0.15, -0.1) is 0 Å². The fourth-order valence-corrected chi connectivity index (χ4v) is 0.461. The van der Waals surface area contributed by atoms with Gasteiger partial charge in [0, 0.05) is 17.5 Å². The quantitative estimate of drug-likeness (QED) is 0.526. The molecule has 0 aromatic carbocycles. The second kappa shape index (κ2) is 3.67. The molecule has 0 aliphatic heterocycles. The van der Waals surface area contributed by atoms with Crippen LogP contribution in [0, 0.1) is 0 Å². The number of hydrogen-bond acceptors (Lipinski definition) is 1. The zero-order valence-electron chi connectivity index (χ0n) is 5.07. The van der Waals surface area contributed by atoms with Gasteiger partial charge in [-0.3, -0.25) is 4.79 Å². The highest BCUT2D eigenvalue weighted by Crippen LogP contribution is 1.98. The Morgan fingerprint density at radius 3 is 2.38 bits per heavy atom. The van der Waals surface area contributed by atoms with Gasteiger partial charge in [-0.1, -0.05) is 18.5 Å². The van der Waals surface area contributed by atoms with Gasteiger partial charge in [0.05, 0.1) is 0 Å². The highest BCUT2D eigenvalue weighted by atomic mass is 35.5. The monoisotopic (exact) mass is 132 g/mol. The summed E-state index contributed by atoms with van der Waals surface area (Å²) in [5.41, 5.74) is 1.94. The lowest BCUT2D eigenvalue weighted by Crippen LogP contribution is -1.94. The molecular formula is C6H9ClO. The van der Waals surface area contributed by atoms with E-state index in [0.29, 0.717) is 12.0 Å². The standard InChI is InChI=1S/C6H9ClO/c1-3-6(8)5(2)4-7/h4H,3H2,1-2H3/b5-4+. The van der Waals surface area contributed by atoms with Crippen LogP contribution >= 0.6 is 11.6 Å². The van der Waals surface area contributed by atoms with Crippen molar-refractivity contribution in [2.45, 2.75) is 20.3 Å². The van der Waals surface area contributed by atoms with Crippen LogP contribution in [0.25, 0.3) is 0 Å². The second-order valence-corrected chi connectivity index (χ2v) is 1.79. The molecule has 2 heteroatoms. The van der Waals surface area contributed by atoms with Crippen molar-refractivity contribution in [1.29, 1.82) is 0 Å². The third-order valence-electron chi connectivity index (χ3n) is 0.925. The second-order valence-electron chi connectivity index (χ2n) is 1.57. The number of Topliss-reactive ketones (excluding diaryl/α,β-unsaturated/α-hetero) is 1. The van der Waals surface area contributed by atoms with Gasteiger partial charge < -0.3 is 0 Å². The molecule has 0 aromatic rings. The summed E-state index contributed by atoms with van der Waals surface area (Å²) >= 11 is 5.24. The number of halogens is 1. The Labute approximate surface area is 54.3 Å². The van der Waals surface area contributed by atoms with Crippen LogP contribution in [-0.2, 0) is 4.79 Å². The predicted octanol–water partition coefficient (Wildman–Crippen LogP) is 2.11. The van der Waals surface area contributed by atoms with E-state index in [0.717, 1.165) is 0 Å². The molecule has 0 atom stereocenters. The Hall–Kier alpha value is -0.300. The minimum Gasteiger partial charge on any atom is -0.295 e. The summed E-state index contributed by atoms with van der Waals surface area (Å²) in [6.45, 7) is 3.52. The summed E-state index contributed by atoms with van der Waals surface area (Å²) in [4.78, 5) is 10.6. The van der Waals surface area contributed by atoms with E-state index in [1.807, 2.05) is 6.92 Å².